The van der Waals surface area contributed by atoms with Crippen molar-refractivity contribution in [3.63, 3.8) is 0 Å². The largest absolute Gasteiger partial charge is 0.323 e. The Kier molecular flexibility index (Phi) is 4.11. The lowest BCUT2D eigenvalue weighted by Gasteiger charge is -2.08. The second-order valence-corrected chi connectivity index (χ2v) is 4.84. The molecular weight excluding hydrogens is 248 g/mol. The van der Waals surface area contributed by atoms with Crippen LogP contribution in [0.1, 0.15) is 25.1 Å². The second-order valence-electron chi connectivity index (χ2n) is 3.77. The van der Waals surface area contributed by atoms with E-state index in [-0.39, 0.29) is 11.6 Å². The monoisotopic (exact) mass is 262 g/mol. The molecule has 0 fully saturated rings. The number of rotatable bonds is 4. The van der Waals surface area contributed by atoms with Crippen LogP contribution in [0.2, 0.25) is 0 Å². The topological polar surface area (TPSA) is 84.7 Å². The van der Waals surface area contributed by atoms with Crippen LogP contribution in [0.25, 0.3) is 0 Å². The number of aromatic nitrogens is 3. The van der Waals surface area contributed by atoms with E-state index >= 15 is 0 Å². The summed E-state index contributed by atoms with van der Waals surface area (Å²) in [6.07, 6.45) is 4.07. The van der Waals surface area contributed by atoms with Crippen LogP contribution in [0.15, 0.2) is 45.4 Å². The molecule has 0 unspecified atom stereocenters. The van der Waals surface area contributed by atoms with Crippen molar-refractivity contribution in [2.24, 2.45) is 5.73 Å². The Labute approximate surface area is 109 Å². The maximum Gasteiger partial charge on any atom is 0.251 e. The summed E-state index contributed by atoms with van der Waals surface area (Å²) in [6.45, 7) is 2.02. The summed E-state index contributed by atoms with van der Waals surface area (Å²) >= 11 is 1.36. The van der Waals surface area contributed by atoms with Gasteiger partial charge in [0.15, 0.2) is 5.16 Å². The molecule has 0 aliphatic carbocycles. The van der Waals surface area contributed by atoms with Gasteiger partial charge in [0.05, 0.1) is 5.69 Å². The lowest BCUT2D eigenvalue weighted by Crippen LogP contribution is -2.10. The average molecular weight is 262 g/mol. The highest BCUT2D eigenvalue weighted by molar-refractivity contribution is 7.99. The number of hydrogen-bond acceptors (Lipinski definition) is 5. The fourth-order valence-corrected chi connectivity index (χ4v) is 2.13. The molecule has 2 aromatic rings. The van der Waals surface area contributed by atoms with E-state index in [0.717, 1.165) is 17.0 Å². The standard InChI is InChI=1S/C12H14N4OS/c1-2-9(13)10-4-3-8(7-15-10)18-12-14-6-5-11(17)16-12/h3-7,9H,2,13H2,1H3,(H,14,16,17)/t9-/m0/s1. The third-order valence-corrected chi connectivity index (χ3v) is 3.32. The highest BCUT2D eigenvalue weighted by Gasteiger charge is 2.05. The summed E-state index contributed by atoms with van der Waals surface area (Å²) in [6, 6.07) is 5.18. The molecule has 0 spiro atoms. The molecule has 18 heavy (non-hydrogen) atoms. The number of pyridine rings is 1. The van der Waals surface area contributed by atoms with Crippen LogP contribution in [-0.4, -0.2) is 15.0 Å². The minimum Gasteiger partial charge on any atom is -0.323 e. The first-order valence-electron chi connectivity index (χ1n) is 5.63. The summed E-state index contributed by atoms with van der Waals surface area (Å²) in [7, 11) is 0. The summed E-state index contributed by atoms with van der Waals surface area (Å²) in [5, 5.41) is 0.553. The van der Waals surface area contributed by atoms with Crippen LogP contribution in [0.3, 0.4) is 0 Å². The summed E-state index contributed by atoms with van der Waals surface area (Å²) in [5.74, 6) is 0. The third kappa shape index (κ3) is 3.18. The number of nitrogens with two attached hydrogens (primary N) is 1. The number of H-pyrrole nitrogens is 1. The van der Waals surface area contributed by atoms with E-state index < -0.39 is 0 Å². The van der Waals surface area contributed by atoms with E-state index in [1.165, 1.54) is 24.0 Å². The minimum absolute atomic E-state index is 0.0290. The number of aromatic amines is 1. The van der Waals surface area contributed by atoms with Gasteiger partial charge in [0.25, 0.3) is 5.56 Å². The van der Waals surface area contributed by atoms with E-state index in [9.17, 15) is 4.79 Å². The molecule has 1 atom stereocenters. The van der Waals surface area contributed by atoms with Gasteiger partial charge in [0.1, 0.15) is 0 Å². The molecule has 6 heteroatoms. The molecule has 0 saturated carbocycles. The Balaban J connectivity index is 2.13. The average Bonchev–Trinajstić information content (AvgIpc) is 2.39. The molecule has 94 valence electrons. The first kappa shape index (κ1) is 12.8. The molecule has 0 aliphatic heterocycles. The Hall–Kier alpha value is -1.66. The van der Waals surface area contributed by atoms with Crippen molar-refractivity contribution < 1.29 is 0 Å². The molecule has 3 N–H and O–H groups in total. The van der Waals surface area contributed by atoms with Crippen LogP contribution in [0.4, 0.5) is 0 Å². The molecule has 0 radical (unpaired) electrons. The highest BCUT2D eigenvalue weighted by Crippen LogP contribution is 2.23. The zero-order valence-electron chi connectivity index (χ0n) is 9.96. The fourth-order valence-electron chi connectivity index (χ4n) is 1.40. The first-order valence-corrected chi connectivity index (χ1v) is 6.45. The third-order valence-electron chi connectivity index (χ3n) is 2.44. The van der Waals surface area contributed by atoms with Gasteiger partial charge in [-0.2, -0.15) is 0 Å². The van der Waals surface area contributed by atoms with E-state index in [4.69, 9.17) is 5.73 Å². The SMILES string of the molecule is CC[C@H](N)c1ccc(Sc2nccc(=O)[nH]2)cn1. The van der Waals surface area contributed by atoms with Gasteiger partial charge < -0.3 is 10.7 Å². The van der Waals surface area contributed by atoms with Crippen LogP contribution in [-0.2, 0) is 0 Å². The van der Waals surface area contributed by atoms with Crippen molar-refractivity contribution >= 4 is 11.8 Å². The Bertz CT molecular complexity index is 567. The maximum absolute atomic E-state index is 11.1. The Morgan fingerprint density at radius 2 is 2.22 bits per heavy atom. The number of hydrogen-bond donors (Lipinski definition) is 2. The molecule has 0 saturated heterocycles. The normalized spacial score (nSPS) is 12.3. The van der Waals surface area contributed by atoms with E-state index in [1.807, 2.05) is 19.1 Å². The number of nitrogens with one attached hydrogen (secondary N) is 1. The van der Waals surface area contributed by atoms with Gasteiger partial charge in [-0.3, -0.25) is 9.78 Å². The second kappa shape index (κ2) is 5.79. The molecule has 2 aromatic heterocycles. The van der Waals surface area contributed by atoms with Gasteiger partial charge in [0.2, 0.25) is 0 Å². The van der Waals surface area contributed by atoms with Gasteiger partial charge in [-0.1, -0.05) is 18.7 Å². The van der Waals surface area contributed by atoms with E-state index in [2.05, 4.69) is 15.0 Å². The minimum atomic E-state index is -0.162. The van der Waals surface area contributed by atoms with E-state index in [0.29, 0.717) is 5.16 Å². The van der Waals surface area contributed by atoms with Gasteiger partial charge in [0, 0.05) is 29.4 Å². The molecule has 0 aromatic carbocycles. The molecule has 0 bridgehead atoms. The molecule has 0 amide bonds. The van der Waals surface area contributed by atoms with Crippen LogP contribution in [0, 0.1) is 0 Å². The smallest absolute Gasteiger partial charge is 0.251 e. The van der Waals surface area contributed by atoms with Crippen LogP contribution < -0.4 is 11.3 Å². The maximum atomic E-state index is 11.1. The predicted octanol–water partition coefficient (Wildman–Crippen LogP) is 1.73. The van der Waals surface area contributed by atoms with Crippen LogP contribution in [0.5, 0.6) is 0 Å². The van der Waals surface area contributed by atoms with Crippen molar-refractivity contribution in [2.45, 2.75) is 29.4 Å². The zero-order valence-corrected chi connectivity index (χ0v) is 10.8. The summed E-state index contributed by atoms with van der Waals surface area (Å²) in [4.78, 5) is 23.0. The lowest BCUT2D eigenvalue weighted by atomic mass is 10.1. The van der Waals surface area contributed by atoms with Crippen molar-refractivity contribution in [1.82, 2.24) is 15.0 Å². The van der Waals surface area contributed by atoms with Crippen molar-refractivity contribution in [1.29, 1.82) is 0 Å². The summed E-state index contributed by atoms with van der Waals surface area (Å²) in [5.41, 5.74) is 6.60. The summed E-state index contributed by atoms with van der Waals surface area (Å²) < 4.78 is 0. The van der Waals surface area contributed by atoms with Crippen molar-refractivity contribution in [2.75, 3.05) is 0 Å². The molecule has 5 nitrogen and oxygen atoms in total. The number of nitrogens with zero attached hydrogens (tertiary/aromatic N) is 2. The van der Waals surface area contributed by atoms with Gasteiger partial charge in [-0.15, -0.1) is 0 Å². The fraction of sp³-hybridized carbons (Fsp3) is 0.250. The van der Waals surface area contributed by atoms with Crippen molar-refractivity contribution in [3.05, 3.63) is 46.6 Å². The van der Waals surface area contributed by atoms with Gasteiger partial charge >= 0.3 is 0 Å². The van der Waals surface area contributed by atoms with Crippen molar-refractivity contribution in [3.8, 4) is 0 Å². The quantitative estimate of drug-likeness (QED) is 0.820. The lowest BCUT2D eigenvalue weighted by molar-refractivity contribution is 0.674. The van der Waals surface area contributed by atoms with Gasteiger partial charge in [-0.05, 0) is 18.6 Å². The van der Waals surface area contributed by atoms with Crippen LogP contribution >= 0.6 is 11.8 Å². The molecule has 0 aliphatic rings. The Morgan fingerprint density at radius 1 is 1.39 bits per heavy atom. The van der Waals surface area contributed by atoms with E-state index in [1.54, 1.807) is 6.20 Å². The first-order chi connectivity index (χ1) is 8.69. The Morgan fingerprint density at radius 3 is 2.83 bits per heavy atom. The molecule has 2 rings (SSSR count). The molecular formula is C12H14N4OS. The predicted molar refractivity (Wildman–Crippen MR) is 70.4 cm³/mol. The zero-order chi connectivity index (χ0) is 13.0. The van der Waals surface area contributed by atoms with Gasteiger partial charge in [-0.25, -0.2) is 4.98 Å². The molecule has 2 heterocycles. The highest BCUT2D eigenvalue weighted by atomic mass is 32.2.